The van der Waals surface area contributed by atoms with Gasteiger partial charge in [0.25, 0.3) is 0 Å². The van der Waals surface area contributed by atoms with Crippen molar-refractivity contribution < 1.29 is 4.79 Å². The molecule has 0 atom stereocenters. The first-order chi connectivity index (χ1) is 8.09. The first kappa shape index (κ1) is 12.1. The van der Waals surface area contributed by atoms with Crippen LogP contribution in [0.5, 0.6) is 0 Å². The Morgan fingerprint density at radius 2 is 2.06 bits per heavy atom. The van der Waals surface area contributed by atoms with Crippen LogP contribution in [0.4, 0.5) is 5.69 Å². The molecule has 1 fully saturated rings. The molecule has 0 aromatic carbocycles. The molecule has 17 heavy (non-hydrogen) atoms. The van der Waals surface area contributed by atoms with Gasteiger partial charge in [0, 0.05) is 13.0 Å². The third kappa shape index (κ3) is 2.49. The predicted octanol–water partition coefficient (Wildman–Crippen LogP) is 0.975. The SMILES string of the molecule is Cc1nn(C)c(C)c1NC(=O)C1CCNCC1. The van der Waals surface area contributed by atoms with E-state index in [-0.39, 0.29) is 11.8 Å². The lowest BCUT2D eigenvalue weighted by molar-refractivity contribution is -0.120. The highest BCUT2D eigenvalue weighted by Gasteiger charge is 2.22. The summed E-state index contributed by atoms with van der Waals surface area (Å²) in [5, 5.41) is 10.6. The van der Waals surface area contributed by atoms with Crippen LogP contribution < -0.4 is 10.6 Å². The van der Waals surface area contributed by atoms with Gasteiger partial charge >= 0.3 is 0 Å². The van der Waals surface area contributed by atoms with E-state index >= 15 is 0 Å². The van der Waals surface area contributed by atoms with Crippen LogP contribution >= 0.6 is 0 Å². The number of aromatic nitrogens is 2. The Labute approximate surface area is 102 Å². The van der Waals surface area contributed by atoms with E-state index in [4.69, 9.17) is 0 Å². The van der Waals surface area contributed by atoms with E-state index in [2.05, 4.69) is 15.7 Å². The summed E-state index contributed by atoms with van der Waals surface area (Å²) in [6.07, 6.45) is 1.84. The highest BCUT2D eigenvalue weighted by molar-refractivity contribution is 5.93. The first-order valence-electron chi connectivity index (χ1n) is 6.11. The van der Waals surface area contributed by atoms with Crippen molar-refractivity contribution in [1.82, 2.24) is 15.1 Å². The van der Waals surface area contributed by atoms with Crippen LogP contribution in [-0.2, 0) is 11.8 Å². The lowest BCUT2D eigenvalue weighted by Gasteiger charge is -2.21. The number of hydrogen-bond acceptors (Lipinski definition) is 3. The molecule has 1 amide bonds. The summed E-state index contributed by atoms with van der Waals surface area (Å²) < 4.78 is 1.80. The van der Waals surface area contributed by atoms with Crippen LogP contribution in [0, 0.1) is 19.8 Å². The average Bonchev–Trinajstić information content (AvgIpc) is 2.57. The summed E-state index contributed by atoms with van der Waals surface area (Å²) in [6.45, 7) is 5.76. The number of nitrogens with zero attached hydrogens (tertiary/aromatic N) is 2. The van der Waals surface area contributed by atoms with E-state index in [0.717, 1.165) is 43.0 Å². The van der Waals surface area contributed by atoms with Crippen molar-refractivity contribution in [2.45, 2.75) is 26.7 Å². The smallest absolute Gasteiger partial charge is 0.227 e. The van der Waals surface area contributed by atoms with Crippen molar-refractivity contribution >= 4 is 11.6 Å². The second kappa shape index (κ2) is 4.87. The molecule has 0 aliphatic carbocycles. The summed E-state index contributed by atoms with van der Waals surface area (Å²) >= 11 is 0. The highest BCUT2D eigenvalue weighted by atomic mass is 16.1. The molecule has 0 unspecified atom stereocenters. The topological polar surface area (TPSA) is 59.0 Å². The summed E-state index contributed by atoms with van der Waals surface area (Å²) in [5.74, 6) is 0.265. The molecule has 2 heterocycles. The third-order valence-electron chi connectivity index (χ3n) is 3.47. The molecule has 0 spiro atoms. The predicted molar refractivity (Wildman–Crippen MR) is 66.9 cm³/mol. The molecule has 0 bridgehead atoms. The van der Waals surface area contributed by atoms with Crippen LogP contribution in [0.1, 0.15) is 24.2 Å². The van der Waals surface area contributed by atoms with E-state index in [9.17, 15) is 4.79 Å². The lowest BCUT2D eigenvalue weighted by atomic mass is 9.97. The standard InChI is InChI=1S/C12H20N4O/c1-8-11(9(2)16(3)15-8)14-12(17)10-4-6-13-7-5-10/h10,13H,4-7H2,1-3H3,(H,14,17). The van der Waals surface area contributed by atoms with Crippen LogP contribution in [0.2, 0.25) is 0 Å². The Balaban J connectivity index is 2.07. The zero-order valence-electron chi connectivity index (χ0n) is 10.7. The maximum atomic E-state index is 12.1. The Bertz CT molecular complexity index is 418. The number of carbonyl (C=O) groups excluding carboxylic acids is 1. The monoisotopic (exact) mass is 236 g/mol. The van der Waals surface area contributed by atoms with Crippen molar-refractivity contribution in [2.24, 2.45) is 13.0 Å². The summed E-state index contributed by atoms with van der Waals surface area (Å²) in [4.78, 5) is 12.1. The largest absolute Gasteiger partial charge is 0.323 e. The lowest BCUT2D eigenvalue weighted by Crippen LogP contribution is -2.34. The molecular weight excluding hydrogens is 216 g/mol. The molecule has 1 saturated heterocycles. The molecule has 0 radical (unpaired) electrons. The molecule has 1 aliphatic heterocycles. The molecular formula is C12H20N4O. The van der Waals surface area contributed by atoms with Crippen LogP contribution in [0.15, 0.2) is 0 Å². The van der Waals surface area contributed by atoms with Gasteiger partial charge in [0.15, 0.2) is 0 Å². The van der Waals surface area contributed by atoms with Crippen molar-refractivity contribution in [3.8, 4) is 0 Å². The van der Waals surface area contributed by atoms with Gasteiger partial charge in [0.1, 0.15) is 0 Å². The van der Waals surface area contributed by atoms with Crippen molar-refractivity contribution in [1.29, 1.82) is 0 Å². The third-order valence-corrected chi connectivity index (χ3v) is 3.47. The molecule has 2 N–H and O–H groups in total. The number of piperidine rings is 1. The van der Waals surface area contributed by atoms with Crippen LogP contribution in [0.25, 0.3) is 0 Å². The first-order valence-corrected chi connectivity index (χ1v) is 6.11. The van der Waals surface area contributed by atoms with E-state index < -0.39 is 0 Å². The minimum absolute atomic E-state index is 0.130. The minimum Gasteiger partial charge on any atom is -0.323 e. The number of amides is 1. The van der Waals surface area contributed by atoms with Crippen molar-refractivity contribution in [2.75, 3.05) is 18.4 Å². The number of nitrogens with one attached hydrogen (secondary N) is 2. The Morgan fingerprint density at radius 3 is 2.59 bits per heavy atom. The number of anilines is 1. The highest BCUT2D eigenvalue weighted by Crippen LogP contribution is 2.21. The summed E-state index contributed by atoms with van der Waals surface area (Å²) in [5.41, 5.74) is 2.76. The van der Waals surface area contributed by atoms with Gasteiger partial charge in [-0.1, -0.05) is 0 Å². The molecule has 1 aromatic heterocycles. The van der Waals surface area contributed by atoms with Crippen LogP contribution in [-0.4, -0.2) is 28.8 Å². The normalized spacial score (nSPS) is 17.1. The Kier molecular flexibility index (Phi) is 3.47. The van der Waals surface area contributed by atoms with Crippen molar-refractivity contribution in [3.63, 3.8) is 0 Å². The Hall–Kier alpha value is -1.36. The number of aryl methyl sites for hydroxylation is 2. The zero-order valence-corrected chi connectivity index (χ0v) is 10.7. The molecule has 94 valence electrons. The van der Waals surface area contributed by atoms with Gasteiger partial charge in [-0.15, -0.1) is 0 Å². The van der Waals surface area contributed by atoms with Crippen LogP contribution in [0.3, 0.4) is 0 Å². The van der Waals surface area contributed by atoms with Gasteiger partial charge in [0.05, 0.1) is 17.1 Å². The van der Waals surface area contributed by atoms with Gasteiger partial charge in [-0.05, 0) is 39.8 Å². The molecule has 5 nitrogen and oxygen atoms in total. The number of rotatable bonds is 2. The van der Waals surface area contributed by atoms with E-state index in [0.29, 0.717) is 0 Å². The van der Waals surface area contributed by atoms with Gasteiger partial charge in [-0.3, -0.25) is 9.48 Å². The maximum Gasteiger partial charge on any atom is 0.227 e. The summed E-state index contributed by atoms with van der Waals surface area (Å²) in [6, 6.07) is 0. The fourth-order valence-corrected chi connectivity index (χ4v) is 2.26. The molecule has 1 aromatic rings. The molecule has 1 aliphatic rings. The average molecular weight is 236 g/mol. The van der Waals surface area contributed by atoms with E-state index in [1.807, 2.05) is 20.9 Å². The maximum absolute atomic E-state index is 12.1. The Morgan fingerprint density at radius 1 is 1.41 bits per heavy atom. The van der Waals surface area contributed by atoms with Crippen molar-refractivity contribution in [3.05, 3.63) is 11.4 Å². The summed E-state index contributed by atoms with van der Waals surface area (Å²) in [7, 11) is 1.89. The quantitative estimate of drug-likeness (QED) is 0.804. The number of hydrogen-bond donors (Lipinski definition) is 2. The van der Waals surface area contributed by atoms with Gasteiger partial charge in [-0.2, -0.15) is 5.10 Å². The van der Waals surface area contributed by atoms with Gasteiger partial charge in [0.2, 0.25) is 5.91 Å². The second-order valence-corrected chi connectivity index (χ2v) is 4.68. The molecule has 0 saturated carbocycles. The van der Waals surface area contributed by atoms with E-state index in [1.165, 1.54) is 0 Å². The van der Waals surface area contributed by atoms with Gasteiger partial charge in [-0.25, -0.2) is 0 Å². The second-order valence-electron chi connectivity index (χ2n) is 4.68. The fourth-order valence-electron chi connectivity index (χ4n) is 2.26. The molecule has 2 rings (SSSR count). The minimum atomic E-state index is 0.130. The molecule has 5 heteroatoms. The van der Waals surface area contributed by atoms with Gasteiger partial charge < -0.3 is 10.6 Å². The number of carbonyl (C=O) groups is 1. The zero-order chi connectivity index (χ0) is 12.4. The fraction of sp³-hybridized carbons (Fsp3) is 0.667. The van der Waals surface area contributed by atoms with E-state index in [1.54, 1.807) is 4.68 Å².